The first-order chi connectivity index (χ1) is 12.0. The van der Waals surface area contributed by atoms with Crippen molar-refractivity contribution < 1.29 is 4.79 Å². The van der Waals surface area contributed by atoms with E-state index >= 15 is 0 Å². The fourth-order valence-electron chi connectivity index (χ4n) is 4.48. The summed E-state index contributed by atoms with van der Waals surface area (Å²) >= 11 is 0. The van der Waals surface area contributed by atoms with Crippen LogP contribution in [0.5, 0.6) is 0 Å². The van der Waals surface area contributed by atoms with E-state index in [0.29, 0.717) is 18.2 Å². The minimum atomic E-state index is 0.323. The summed E-state index contributed by atoms with van der Waals surface area (Å²) in [6.45, 7) is 13.7. The minimum absolute atomic E-state index is 0.323. The van der Waals surface area contributed by atoms with E-state index in [2.05, 4.69) is 47.7 Å². The largest absolute Gasteiger partial charge is 0.343 e. The van der Waals surface area contributed by atoms with Gasteiger partial charge in [0.2, 0.25) is 5.91 Å². The predicted molar refractivity (Wildman–Crippen MR) is 101 cm³/mol. The van der Waals surface area contributed by atoms with Crippen molar-refractivity contribution in [3.63, 3.8) is 0 Å². The lowest BCUT2D eigenvalue weighted by Crippen LogP contribution is -2.33. The topological polar surface area (TPSA) is 50.2 Å². The molecule has 0 saturated carbocycles. The van der Waals surface area contributed by atoms with E-state index in [1.54, 1.807) is 0 Å². The second-order valence-corrected chi connectivity index (χ2v) is 8.36. The van der Waals surface area contributed by atoms with Crippen molar-refractivity contribution in [2.45, 2.75) is 59.9 Å². The molecule has 0 radical (unpaired) electrons. The Morgan fingerprint density at radius 1 is 1.20 bits per heavy atom. The second-order valence-electron chi connectivity index (χ2n) is 8.36. The SMILES string of the molecule is Cc1nn(CC(C)C)c(C)c1CCC(=O)N1CC[C@@H]2CNC[C@@H]2CC1. The Balaban J connectivity index is 1.56. The highest BCUT2D eigenvalue weighted by atomic mass is 16.2. The van der Waals surface area contributed by atoms with E-state index in [0.717, 1.165) is 69.5 Å². The number of fused-ring (bicyclic) bond motifs is 1. The molecule has 1 aromatic heterocycles. The van der Waals surface area contributed by atoms with Crippen LogP contribution in [0.15, 0.2) is 0 Å². The highest BCUT2D eigenvalue weighted by Crippen LogP contribution is 2.27. The van der Waals surface area contributed by atoms with Gasteiger partial charge in [-0.05, 0) is 69.5 Å². The van der Waals surface area contributed by atoms with Crippen molar-refractivity contribution in [3.05, 3.63) is 17.0 Å². The van der Waals surface area contributed by atoms with Gasteiger partial charge in [0.15, 0.2) is 0 Å². The molecular weight excluding hydrogens is 312 g/mol. The number of aromatic nitrogens is 2. The Bertz CT molecular complexity index is 593. The molecule has 2 fully saturated rings. The Morgan fingerprint density at radius 3 is 2.44 bits per heavy atom. The molecule has 2 atom stereocenters. The third-order valence-electron chi connectivity index (χ3n) is 6.03. The second kappa shape index (κ2) is 7.90. The number of carbonyl (C=O) groups is 1. The van der Waals surface area contributed by atoms with Crippen molar-refractivity contribution in [2.75, 3.05) is 26.2 Å². The van der Waals surface area contributed by atoms with Crippen LogP contribution in [-0.2, 0) is 17.8 Å². The molecule has 0 bridgehead atoms. The number of carbonyl (C=O) groups excluding carboxylic acids is 1. The molecule has 3 heterocycles. The molecule has 5 nitrogen and oxygen atoms in total. The number of amides is 1. The highest BCUT2D eigenvalue weighted by Gasteiger charge is 2.31. The van der Waals surface area contributed by atoms with Crippen LogP contribution in [0, 0.1) is 31.6 Å². The molecule has 0 spiro atoms. The summed E-state index contributed by atoms with van der Waals surface area (Å²) in [5.74, 6) is 2.45. The molecular formula is C20H34N4O. The van der Waals surface area contributed by atoms with Crippen molar-refractivity contribution in [2.24, 2.45) is 17.8 Å². The molecule has 1 N–H and O–H groups in total. The Labute approximate surface area is 152 Å². The van der Waals surface area contributed by atoms with E-state index in [4.69, 9.17) is 0 Å². The maximum absolute atomic E-state index is 12.7. The average Bonchev–Trinajstić information content (AvgIpc) is 3.03. The maximum atomic E-state index is 12.7. The van der Waals surface area contributed by atoms with Crippen LogP contribution in [0.4, 0.5) is 0 Å². The van der Waals surface area contributed by atoms with Gasteiger partial charge in [-0.2, -0.15) is 5.10 Å². The quantitative estimate of drug-likeness (QED) is 0.891. The van der Waals surface area contributed by atoms with Crippen LogP contribution < -0.4 is 5.32 Å². The van der Waals surface area contributed by atoms with Crippen LogP contribution in [0.25, 0.3) is 0 Å². The molecule has 2 aliphatic heterocycles. The molecule has 0 aromatic carbocycles. The normalized spacial score (nSPS) is 23.8. The summed E-state index contributed by atoms with van der Waals surface area (Å²) in [4.78, 5) is 14.8. The monoisotopic (exact) mass is 346 g/mol. The first-order valence-corrected chi connectivity index (χ1v) is 9.97. The number of hydrogen-bond donors (Lipinski definition) is 1. The predicted octanol–water partition coefficient (Wildman–Crippen LogP) is 2.55. The first-order valence-electron chi connectivity index (χ1n) is 9.97. The lowest BCUT2D eigenvalue weighted by atomic mass is 9.92. The van der Waals surface area contributed by atoms with Gasteiger partial charge in [0.05, 0.1) is 5.69 Å². The van der Waals surface area contributed by atoms with E-state index in [-0.39, 0.29) is 0 Å². The maximum Gasteiger partial charge on any atom is 0.222 e. The van der Waals surface area contributed by atoms with Crippen molar-refractivity contribution >= 4 is 5.91 Å². The zero-order valence-electron chi connectivity index (χ0n) is 16.3. The summed E-state index contributed by atoms with van der Waals surface area (Å²) < 4.78 is 2.11. The molecule has 140 valence electrons. The van der Waals surface area contributed by atoms with Gasteiger partial charge in [0, 0.05) is 31.7 Å². The lowest BCUT2D eigenvalue weighted by Gasteiger charge is -2.21. The summed E-state index contributed by atoms with van der Waals surface area (Å²) in [6, 6.07) is 0. The molecule has 1 aromatic rings. The van der Waals surface area contributed by atoms with Gasteiger partial charge in [0.1, 0.15) is 0 Å². The smallest absolute Gasteiger partial charge is 0.222 e. The van der Waals surface area contributed by atoms with Crippen LogP contribution in [0.3, 0.4) is 0 Å². The molecule has 5 heteroatoms. The van der Waals surface area contributed by atoms with Gasteiger partial charge < -0.3 is 10.2 Å². The third-order valence-corrected chi connectivity index (χ3v) is 6.03. The third kappa shape index (κ3) is 4.25. The standard InChI is InChI=1S/C20H34N4O/c1-14(2)13-24-16(4)19(15(3)22-24)5-6-20(25)23-9-7-17-11-21-12-18(17)8-10-23/h14,17-18,21H,5-13H2,1-4H3/t17-,18+. The molecule has 3 rings (SSSR count). The van der Waals surface area contributed by atoms with E-state index < -0.39 is 0 Å². The van der Waals surface area contributed by atoms with Gasteiger partial charge >= 0.3 is 0 Å². The zero-order valence-corrected chi connectivity index (χ0v) is 16.3. The molecule has 2 aliphatic rings. The average molecular weight is 347 g/mol. The van der Waals surface area contributed by atoms with E-state index in [1.807, 2.05) is 0 Å². The van der Waals surface area contributed by atoms with Crippen molar-refractivity contribution in [3.8, 4) is 0 Å². The van der Waals surface area contributed by atoms with Crippen LogP contribution in [-0.4, -0.2) is 46.8 Å². The fourth-order valence-corrected chi connectivity index (χ4v) is 4.48. The molecule has 0 unspecified atom stereocenters. The number of aryl methyl sites for hydroxylation is 1. The van der Waals surface area contributed by atoms with Crippen LogP contribution >= 0.6 is 0 Å². The summed E-state index contributed by atoms with van der Waals surface area (Å²) in [7, 11) is 0. The van der Waals surface area contributed by atoms with Crippen LogP contribution in [0.1, 0.15) is 50.1 Å². The van der Waals surface area contributed by atoms with Gasteiger partial charge in [-0.3, -0.25) is 9.48 Å². The zero-order chi connectivity index (χ0) is 18.0. The van der Waals surface area contributed by atoms with Crippen molar-refractivity contribution in [1.29, 1.82) is 0 Å². The Kier molecular flexibility index (Phi) is 5.82. The van der Waals surface area contributed by atoms with Gasteiger partial charge in [-0.25, -0.2) is 0 Å². The number of rotatable bonds is 5. The minimum Gasteiger partial charge on any atom is -0.343 e. The number of nitrogens with zero attached hydrogens (tertiary/aromatic N) is 3. The van der Waals surface area contributed by atoms with Crippen molar-refractivity contribution in [1.82, 2.24) is 20.0 Å². The molecule has 2 saturated heterocycles. The summed E-state index contributed by atoms with van der Waals surface area (Å²) in [5.41, 5.74) is 3.59. The van der Waals surface area contributed by atoms with Crippen LogP contribution in [0.2, 0.25) is 0 Å². The first kappa shape index (κ1) is 18.4. The highest BCUT2D eigenvalue weighted by molar-refractivity contribution is 5.76. The fraction of sp³-hybridized carbons (Fsp3) is 0.800. The Morgan fingerprint density at radius 2 is 1.84 bits per heavy atom. The summed E-state index contributed by atoms with van der Waals surface area (Å²) in [6.07, 6.45) is 3.75. The molecule has 1 amide bonds. The molecule has 25 heavy (non-hydrogen) atoms. The molecule has 0 aliphatic carbocycles. The number of likely N-dealkylation sites (tertiary alicyclic amines) is 1. The number of nitrogens with one attached hydrogen (secondary N) is 1. The Hall–Kier alpha value is -1.36. The van der Waals surface area contributed by atoms with E-state index in [1.165, 1.54) is 11.3 Å². The lowest BCUT2D eigenvalue weighted by molar-refractivity contribution is -0.131. The summed E-state index contributed by atoms with van der Waals surface area (Å²) in [5, 5.41) is 8.18. The number of hydrogen-bond acceptors (Lipinski definition) is 3. The van der Waals surface area contributed by atoms with Gasteiger partial charge in [0.25, 0.3) is 0 Å². The van der Waals surface area contributed by atoms with Gasteiger partial charge in [-0.1, -0.05) is 13.8 Å². The van der Waals surface area contributed by atoms with E-state index in [9.17, 15) is 4.79 Å². The van der Waals surface area contributed by atoms with Gasteiger partial charge in [-0.15, -0.1) is 0 Å².